The van der Waals surface area contributed by atoms with E-state index in [-0.39, 0.29) is 86.0 Å². The maximum atomic E-state index is 15.0. The number of hydrogen-bond donors (Lipinski definition) is 0. The van der Waals surface area contributed by atoms with Crippen molar-refractivity contribution in [3.63, 3.8) is 0 Å². The van der Waals surface area contributed by atoms with Crippen LogP contribution in [0.25, 0.3) is 33.4 Å². The minimum Gasteiger partial charge on any atom is -0.490 e. The van der Waals surface area contributed by atoms with Gasteiger partial charge in [0.05, 0.1) is 38.3 Å². The number of carbonyl (C=O) groups is 3. The molecule has 378 valence electrons. The van der Waals surface area contributed by atoms with Crippen molar-refractivity contribution in [1.29, 1.82) is 0 Å². The molecule has 1 saturated carbocycles. The second-order valence-corrected chi connectivity index (χ2v) is 17.5. The van der Waals surface area contributed by atoms with Gasteiger partial charge in [-0.1, -0.05) is 91.0 Å². The molecule has 1 aliphatic carbocycles. The first kappa shape index (κ1) is 52.5. The average molecular weight is 997 g/mol. The molecule has 0 N–H and O–H groups in total. The van der Waals surface area contributed by atoms with Gasteiger partial charge in [0.25, 0.3) is 0 Å². The topological polar surface area (TPSA) is 107 Å². The zero-order valence-corrected chi connectivity index (χ0v) is 39.5. The summed E-state index contributed by atoms with van der Waals surface area (Å²) in [4.78, 5) is 48.7. The number of carbonyl (C=O) groups excluding carboxylic acids is 3. The van der Waals surface area contributed by atoms with Crippen LogP contribution < -0.4 is 14.2 Å². The third-order valence-corrected chi connectivity index (χ3v) is 12.5. The third kappa shape index (κ3) is 13.8. The van der Waals surface area contributed by atoms with Crippen LogP contribution in [0.3, 0.4) is 0 Å². The monoisotopic (exact) mass is 996 g/mol. The molecule has 1 fully saturated rings. The predicted octanol–water partition coefficient (Wildman–Crippen LogP) is 13.9. The SMILES string of the molecule is O=C(CCCCCOc1ccc(-c2ccccc2)c(F)c1F)OCC1CC1(CCCCOc1ccc(-c2ccccc2)c(F)c1F)C(=O)OOC(=O)CCCCCOc1ccc(-c2ccccc2)c(F)c1F. The summed E-state index contributed by atoms with van der Waals surface area (Å²) in [5.74, 6) is -9.68. The Labute approximate surface area is 413 Å². The van der Waals surface area contributed by atoms with E-state index in [9.17, 15) is 40.7 Å². The highest BCUT2D eigenvalue weighted by molar-refractivity contribution is 5.81. The minimum atomic E-state index is -1.16. The van der Waals surface area contributed by atoms with Gasteiger partial charge in [-0.05, 0) is 117 Å². The van der Waals surface area contributed by atoms with Crippen LogP contribution >= 0.6 is 0 Å². The highest BCUT2D eigenvalue weighted by Crippen LogP contribution is 2.57. The molecule has 2 unspecified atom stereocenters. The first-order valence-corrected chi connectivity index (χ1v) is 24.0. The molecule has 15 heteroatoms. The predicted molar refractivity (Wildman–Crippen MR) is 256 cm³/mol. The van der Waals surface area contributed by atoms with Crippen LogP contribution in [-0.4, -0.2) is 44.3 Å². The number of esters is 1. The lowest BCUT2D eigenvalue weighted by atomic mass is 9.96. The van der Waals surface area contributed by atoms with Crippen LogP contribution in [0.15, 0.2) is 127 Å². The quantitative estimate of drug-likeness (QED) is 0.0173. The largest absolute Gasteiger partial charge is 0.490 e. The fraction of sp³-hybridized carbons (Fsp3) is 0.316. The molecule has 1 aliphatic rings. The Morgan fingerprint density at radius 3 is 1.24 bits per heavy atom. The highest BCUT2D eigenvalue weighted by Gasteiger charge is 2.62. The molecular weight excluding hydrogens is 943 g/mol. The minimum absolute atomic E-state index is 0.00434. The maximum absolute atomic E-state index is 15.0. The molecule has 0 spiro atoms. The molecule has 0 aromatic heterocycles. The van der Waals surface area contributed by atoms with Crippen LogP contribution in [-0.2, 0) is 28.9 Å². The summed E-state index contributed by atoms with van der Waals surface area (Å²) in [5.41, 5.74) is 0.738. The van der Waals surface area contributed by atoms with Crippen LogP contribution in [0, 0.1) is 46.2 Å². The number of ether oxygens (including phenoxy) is 4. The van der Waals surface area contributed by atoms with Gasteiger partial charge in [0.1, 0.15) is 0 Å². The van der Waals surface area contributed by atoms with Gasteiger partial charge in [0, 0.05) is 29.0 Å². The van der Waals surface area contributed by atoms with Crippen LogP contribution in [0.1, 0.15) is 77.0 Å². The lowest BCUT2D eigenvalue weighted by Crippen LogP contribution is -2.25. The molecule has 0 bridgehead atoms. The van der Waals surface area contributed by atoms with Gasteiger partial charge in [-0.3, -0.25) is 4.79 Å². The van der Waals surface area contributed by atoms with E-state index in [1.165, 1.54) is 36.4 Å². The molecule has 6 aromatic rings. The lowest BCUT2D eigenvalue weighted by Gasteiger charge is -2.16. The summed E-state index contributed by atoms with van der Waals surface area (Å²) in [7, 11) is 0. The van der Waals surface area contributed by atoms with Crippen molar-refractivity contribution < 1.29 is 69.4 Å². The lowest BCUT2D eigenvalue weighted by molar-refractivity contribution is -0.264. The Morgan fingerprint density at radius 1 is 0.431 bits per heavy atom. The molecular formula is C57H54F6O9. The number of unbranched alkanes of at least 4 members (excludes halogenated alkanes) is 5. The fourth-order valence-corrected chi connectivity index (χ4v) is 8.37. The Balaban J connectivity index is 0.835. The Bertz CT molecular complexity index is 2760. The zero-order chi connectivity index (χ0) is 50.9. The van der Waals surface area contributed by atoms with E-state index in [1.54, 1.807) is 91.0 Å². The smallest absolute Gasteiger partial charge is 0.362 e. The van der Waals surface area contributed by atoms with E-state index in [1.807, 2.05) is 0 Å². The first-order valence-electron chi connectivity index (χ1n) is 24.0. The number of rotatable bonds is 26. The van der Waals surface area contributed by atoms with E-state index in [0.717, 1.165) is 0 Å². The molecule has 0 amide bonds. The normalized spacial score (nSPS) is 14.8. The number of halogens is 6. The maximum Gasteiger partial charge on any atom is 0.362 e. The molecule has 0 saturated heterocycles. The van der Waals surface area contributed by atoms with Crippen molar-refractivity contribution in [3.05, 3.63) is 162 Å². The second kappa shape index (κ2) is 25.7. The Kier molecular flexibility index (Phi) is 18.8. The number of hydrogen-bond acceptors (Lipinski definition) is 9. The van der Waals surface area contributed by atoms with E-state index in [0.29, 0.717) is 68.1 Å². The molecule has 0 heterocycles. The van der Waals surface area contributed by atoms with Crippen molar-refractivity contribution in [2.75, 3.05) is 26.4 Å². The molecule has 9 nitrogen and oxygen atoms in total. The van der Waals surface area contributed by atoms with Gasteiger partial charge in [0.2, 0.25) is 17.5 Å². The number of benzene rings is 6. The van der Waals surface area contributed by atoms with Crippen LogP contribution in [0.5, 0.6) is 17.2 Å². The van der Waals surface area contributed by atoms with Crippen molar-refractivity contribution in [1.82, 2.24) is 0 Å². The van der Waals surface area contributed by atoms with Crippen LogP contribution in [0.4, 0.5) is 26.3 Å². The van der Waals surface area contributed by atoms with Crippen LogP contribution in [0.2, 0.25) is 0 Å². The molecule has 72 heavy (non-hydrogen) atoms. The fourth-order valence-electron chi connectivity index (χ4n) is 8.37. The summed E-state index contributed by atoms with van der Waals surface area (Å²) in [6.45, 7) is 0.0366. The van der Waals surface area contributed by atoms with Crippen molar-refractivity contribution in [2.24, 2.45) is 11.3 Å². The van der Waals surface area contributed by atoms with Crippen molar-refractivity contribution in [2.45, 2.75) is 77.0 Å². The van der Waals surface area contributed by atoms with Gasteiger partial charge in [-0.15, -0.1) is 0 Å². The van der Waals surface area contributed by atoms with Crippen molar-refractivity contribution in [3.8, 4) is 50.6 Å². The summed E-state index contributed by atoms with van der Waals surface area (Å²) >= 11 is 0. The standard InChI is InChI=1S/C57H54F6O9/c58-50-42(38-18-6-1-7-19-38)26-29-45(53(50)61)67-33-15-4-12-24-48(64)70-37-41-36-57(41,32-14-17-35-69-47-31-28-44(52(60)55(47)63)40-22-10-3-11-23-40)56(66)72-71-49(65)25-13-5-16-34-68-46-30-27-43(51(59)54(46)62)39-20-8-2-9-21-39/h1-3,6-11,18-23,26-31,41H,4-5,12-17,24-25,32-37H2. The van der Waals surface area contributed by atoms with E-state index in [4.69, 9.17) is 28.7 Å². The highest BCUT2D eigenvalue weighted by atomic mass is 19.2. The van der Waals surface area contributed by atoms with Gasteiger partial charge in [0.15, 0.2) is 34.7 Å². The first-order chi connectivity index (χ1) is 35.0. The summed E-state index contributed by atoms with van der Waals surface area (Å²) in [6, 6.07) is 34.1. The second-order valence-electron chi connectivity index (χ2n) is 17.5. The molecule has 2 atom stereocenters. The Morgan fingerprint density at radius 2 is 0.819 bits per heavy atom. The van der Waals surface area contributed by atoms with E-state index >= 15 is 0 Å². The summed E-state index contributed by atoms with van der Waals surface area (Å²) < 4.78 is 111. The summed E-state index contributed by atoms with van der Waals surface area (Å²) in [5, 5.41) is 0. The zero-order valence-electron chi connectivity index (χ0n) is 39.5. The van der Waals surface area contributed by atoms with E-state index in [2.05, 4.69) is 0 Å². The molecule has 0 aliphatic heterocycles. The van der Waals surface area contributed by atoms with E-state index < -0.39 is 64.1 Å². The summed E-state index contributed by atoms with van der Waals surface area (Å²) in [6.07, 6.45) is 3.72. The van der Waals surface area contributed by atoms with Gasteiger partial charge in [-0.2, -0.15) is 13.2 Å². The van der Waals surface area contributed by atoms with Crippen molar-refractivity contribution >= 4 is 17.9 Å². The third-order valence-electron chi connectivity index (χ3n) is 12.5. The van der Waals surface area contributed by atoms with Gasteiger partial charge < -0.3 is 18.9 Å². The molecule has 7 rings (SSSR count). The molecule has 0 radical (unpaired) electrons. The van der Waals surface area contributed by atoms with Gasteiger partial charge in [-0.25, -0.2) is 32.5 Å². The molecule has 6 aromatic carbocycles. The van der Waals surface area contributed by atoms with Gasteiger partial charge >= 0.3 is 17.9 Å². The average Bonchev–Trinajstić information content (AvgIpc) is 4.12. The Hall–Kier alpha value is -7.29.